The summed E-state index contributed by atoms with van der Waals surface area (Å²) in [5.41, 5.74) is 3.46. The first-order chi connectivity index (χ1) is 14.3. The Balaban J connectivity index is 1.72. The van der Waals surface area contributed by atoms with Crippen molar-refractivity contribution < 1.29 is 14.3 Å². The van der Waals surface area contributed by atoms with Gasteiger partial charge in [0.05, 0.1) is 18.4 Å². The molecule has 0 saturated carbocycles. The summed E-state index contributed by atoms with van der Waals surface area (Å²) in [5.74, 6) is -0.372. The zero-order valence-corrected chi connectivity index (χ0v) is 17.1. The molecule has 7 heteroatoms. The molecule has 4 aromatic rings. The van der Waals surface area contributed by atoms with E-state index >= 15 is 0 Å². The molecule has 0 bridgehead atoms. The number of halogens is 1. The van der Waals surface area contributed by atoms with Crippen LogP contribution in [-0.4, -0.2) is 30.3 Å². The molecule has 1 N–H and O–H groups in total. The standard InChI is InChI=1S/C23H23FN4O2/c1-4-23(3,30)21-14-27(26-25-21)13-16-9-10-28-19(11-16)12-20(15(2)29)22(28)17-5-7-18(24)8-6-17/h5-12,14,30H,4,13H2,1-3H3. The van der Waals surface area contributed by atoms with Crippen molar-refractivity contribution in [3.8, 4) is 11.3 Å². The minimum absolute atomic E-state index is 0.0534. The van der Waals surface area contributed by atoms with Gasteiger partial charge in [0.2, 0.25) is 0 Å². The minimum Gasteiger partial charge on any atom is -0.384 e. The Kier molecular flexibility index (Phi) is 4.99. The lowest BCUT2D eigenvalue weighted by Gasteiger charge is -2.16. The molecule has 4 rings (SSSR count). The summed E-state index contributed by atoms with van der Waals surface area (Å²) < 4.78 is 17.0. The molecule has 1 atom stereocenters. The van der Waals surface area contributed by atoms with E-state index in [0.29, 0.717) is 24.2 Å². The maximum Gasteiger partial charge on any atom is 0.162 e. The molecule has 0 radical (unpaired) electrons. The molecule has 6 nitrogen and oxygen atoms in total. The number of fused-ring (bicyclic) bond motifs is 1. The average Bonchev–Trinajstić information content (AvgIpc) is 3.34. The number of rotatable bonds is 6. The van der Waals surface area contributed by atoms with E-state index in [1.165, 1.54) is 19.1 Å². The minimum atomic E-state index is -1.01. The molecule has 0 spiro atoms. The van der Waals surface area contributed by atoms with E-state index in [0.717, 1.165) is 22.3 Å². The predicted octanol–water partition coefficient (Wildman–Crippen LogP) is 4.21. The molecule has 0 fully saturated rings. The van der Waals surface area contributed by atoms with E-state index in [1.807, 2.05) is 35.7 Å². The monoisotopic (exact) mass is 406 g/mol. The molecular formula is C23H23FN4O2. The quantitative estimate of drug-likeness (QED) is 0.487. The van der Waals surface area contributed by atoms with Crippen LogP contribution in [0.4, 0.5) is 4.39 Å². The van der Waals surface area contributed by atoms with Crippen LogP contribution in [0.5, 0.6) is 0 Å². The number of Topliss-reactive ketones (excluding diaryl/α,β-unsaturated/α-hetero) is 1. The lowest BCUT2D eigenvalue weighted by molar-refractivity contribution is 0.0484. The van der Waals surface area contributed by atoms with Crippen molar-refractivity contribution >= 4 is 11.3 Å². The van der Waals surface area contributed by atoms with Crippen LogP contribution in [0.15, 0.2) is 54.9 Å². The van der Waals surface area contributed by atoms with Gasteiger partial charge in [-0.05, 0) is 73.9 Å². The first-order valence-electron chi connectivity index (χ1n) is 9.82. The van der Waals surface area contributed by atoms with Crippen LogP contribution in [0.25, 0.3) is 16.8 Å². The SMILES string of the molecule is CCC(C)(O)c1cn(Cc2ccn3c(-c4ccc(F)cc4)c(C(C)=O)cc3c2)nn1. The number of aromatic nitrogens is 4. The number of ketones is 1. The Labute approximate surface area is 173 Å². The summed E-state index contributed by atoms with van der Waals surface area (Å²) in [6, 6.07) is 11.9. The molecule has 154 valence electrons. The molecule has 0 saturated heterocycles. The van der Waals surface area contributed by atoms with Crippen molar-refractivity contribution in [3.63, 3.8) is 0 Å². The number of pyridine rings is 1. The molecule has 1 aromatic carbocycles. The average molecular weight is 406 g/mol. The molecule has 0 aliphatic rings. The summed E-state index contributed by atoms with van der Waals surface area (Å²) in [6.45, 7) is 5.62. The largest absolute Gasteiger partial charge is 0.384 e. The molecular weight excluding hydrogens is 383 g/mol. The van der Waals surface area contributed by atoms with Crippen molar-refractivity contribution in [2.45, 2.75) is 39.3 Å². The highest BCUT2D eigenvalue weighted by Crippen LogP contribution is 2.29. The van der Waals surface area contributed by atoms with Crippen LogP contribution in [0.2, 0.25) is 0 Å². The highest BCUT2D eigenvalue weighted by Gasteiger charge is 2.24. The zero-order valence-electron chi connectivity index (χ0n) is 17.1. The number of aliphatic hydroxyl groups is 1. The van der Waals surface area contributed by atoms with Crippen molar-refractivity contribution in [3.05, 3.63) is 77.5 Å². The Bertz CT molecular complexity index is 1220. The van der Waals surface area contributed by atoms with Gasteiger partial charge in [-0.15, -0.1) is 5.10 Å². The van der Waals surface area contributed by atoms with Gasteiger partial charge >= 0.3 is 0 Å². The number of nitrogens with zero attached hydrogens (tertiary/aromatic N) is 4. The lowest BCUT2D eigenvalue weighted by atomic mass is 10.0. The van der Waals surface area contributed by atoms with E-state index < -0.39 is 5.60 Å². The molecule has 1 unspecified atom stereocenters. The van der Waals surface area contributed by atoms with Crippen LogP contribution < -0.4 is 0 Å². The second-order valence-electron chi connectivity index (χ2n) is 7.73. The lowest BCUT2D eigenvalue weighted by Crippen LogP contribution is -2.20. The Morgan fingerprint density at radius 3 is 2.60 bits per heavy atom. The summed E-state index contributed by atoms with van der Waals surface area (Å²) in [4.78, 5) is 12.2. The molecule has 0 aliphatic heterocycles. The number of hydrogen-bond acceptors (Lipinski definition) is 4. The normalized spacial score (nSPS) is 13.5. The van der Waals surface area contributed by atoms with Crippen LogP contribution in [0.1, 0.15) is 48.8 Å². The fraction of sp³-hybridized carbons (Fsp3) is 0.261. The van der Waals surface area contributed by atoms with Crippen molar-refractivity contribution in [2.24, 2.45) is 0 Å². The number of carbonyl (C=O) groups is 1. The number of benzene rings is 1. The van der Waals surface area contributed by atoms with Crippen molar-refractivity contribution in [1.29, 1.82) is 0 Å². The smallest absolute Gasteiger partial charge is 0.162 e. The van der Waals surface area contributed by atoms with Crippen LogP contribution >= 0.6 is 0 Å². The maximum absolute atomic E-state index is 13.4. The highest BCUT2D eigenvalue weighted by atomic mass is 19.1. The second kappa shape index (κ2) is 7.50. The third-order valence-corrected chi connectivity index (χ3v) is 5.46. The first kappa shape index (κ1) is 20.0. The van der Waals surface area contributed by atoms with Gasteiger partial charge in [0.15, 0.2) is 5.78 Å². The summed E-state index contributed by atoms with van der Waals surface area (Å²) in [6.07, 6.45) is 4.19. The van der Waals surface area contributed by atoms with E-state index in [1.54, 1.807) is 29.9 Å². The highest BCUT2D eigenvalue weighted by molar-refractivity contribution is 6.02. The predicted molar refractivity (Wildman–Crippen MR) is 112 cm³/mol. The fourth-order valence-electron chi connectivity index (χ4n) is 3.48. The summed E-state index contributed by atoms with van der Waals surface area (Å²) >= 11 is 0. The van der Waals surface area contributed by atoms with E-state index in [-0.39, 0.29) is 11.6 Å². The third kappa shape index (κ3) is 3.64. The van der Waals surface area contributed by atoms with Crippen molar-refractivity contribution in [1.82, 2.24) is 19.4 Å². The molecule has 0 aliphatic carbocycles. The van der Waals surface area contributed by atoms with Crippen LogP contribution in [0, 0.1) is 5.82 Å². The van der Waals surface area contributed by atoms with Crippen molar-refractivity contribution in [2.75, 3.05) is 0 Å². The zero-order chi connectivity index (χ0) is 21.5. The maximum atomic E-state index is 13.4. The summed E-state index contributed by atoms with van der Waals surface area (Å²) in [5, 5.41) is 18.6. The van der Waals surface area contributed by atoms with Crippen LogP contribution in [0.3, 0.4) is 0 Å². The Morgan fingerprint density at radius 1 is 1.20 bits per heavy atom. The Morgan fingerprint density at radius 2 is 1.93 bits per heavy atom. The topological polar surface area (TPSA) is 72.4 Å². The summed E-state index contributed by atoms with van der Waals surface area (Å²) in [7, 11) is 0. The third-order valence-electron chi connectivity index (χ3n) is 5.46. The van der Waals surface area contributed by atoms with Gasteiger partial charge in [0, 0.05) is 17.3 Å². The van der Waals surface area contributed by atoms with Gasteiger partial charge in [-0.3, -0.25) is 4.79 Å². The van der Waals surface area contributed by atoms with Crippen LogP contribution in [-0.2, 0) is 12.1 Å². The van der Waals surface area contributed by atoms with Gasteiger partial charge in [0.1, 0.15) is 17.1 Å². The fourth-order valence-corrected chi connectivity index (χ4v) is 3.48. The van der Waals surface area contributed by atoms with E-state index in [2.05, 4.69) is 10.3 Å². The van der Waals surface area contributed by atoms with Gasteiger partial charge in [-0.25, -0.2) is 9.07 Å². The second-order valence-corrected chi connectivity index (χ2v) is 7.73. The molecule has 30 heavy (non-hydrogen) atoms. The molecule has 3 aromatic heterocycles. The van der Waals surface area contributed by atoms with Gasteiger partial charge in [-0.1, -0.05) is 12.1 Å². The van der Waals surface area contributed by atoms with Gasteiger partial charge in [0.25, 0.3) is 0 Å². The van der Waals surface area contributed by atoms with Gasteiger partial charge in [-0.2, -0.15) is 0 Å². The van der Waals surface area contributed by atoms with E-state index in [9.17, 15) is 14.3 Å². The molecule has 3 heterocycles. The Hall–Kier alpha value is -3.32. The first-order valence-corrected chi connectivity index (χ1v) is 9.82. The number of hydrogen-bond donors (Lipinski definition) is 1. The number of carbonyl (C=O) groups excluding carboxylic acids is 1. The van der Waals surface area contributed by atoms with Gasteiger partial charge < -0.3 is 9.51 Å². The van der Waals surface area contributed by atoms with E-state index in [4.69, 9.17) is 0 Å². The molecule has 0 amide bonds.